The van der Waals surface area contributed by atoms with Crippen molar-refractivity contribution < 1.29 is 24.5 Å². The van der Waals surface area contributed by atoms with E-state index in [1.165, 1.54) is 5.57 Å². The molecule has 1 saturated heterocycles. The number of ether oxygens (including phenoxy) is 1. The minimum Gasteiger partial charge on any atom is -0.408 e. The van der Waals surface area contributed by atoms with Crippen molar-refractivity contribution in [2.24, 2.45) is 22.7 Å². The molecule has 3 fully saturated rings. The van der Waals surface area contributed by atoms with Crippen molar-refractivity contribution in [3.8, 4) is 0 Å². The minimum absolute atomic E-state index is 0.00887. The Morgan fingerprint density at radius 3 is 2.41 bits per heavy atom. The van der Waals surface area contributed by atoms with Gasteiger partial charge in [0.2, 0.25) is 0 Å². The molecule has 7 atom stereocenters. The molecule has 0 spiro atoms. The molecule has 0 bridgehead atoms. The maximum Gasteiger partial charge on any atom is 0.193 e. The van der Waals surface area contributed by atoms with Crippen molar-refractivity contribution in [1.29, 1.82) is 0 Å². The number of aliphatic hydroxyl groups is 3. The Morgan fingerprint density at radius 1 is 1.16 bits per heavy atom. The van der Waals surface area contributed by atoms with Crippen LogP contribution in [0.2, 0.25) is 18.1 Å². The molecule has 1 unspecified atom stereocenters. The van der Waals surface area contributed by atoms with Crippen LogP contribution in [0.25, 0.3) is 0 Å². The molecule has 0 radical (unpaired) electrons. The number of aliphatic hydroxyl groups excluding tert-OH is 3. The predicted octanol–water partition coefficient (Wildman–Crippen LogP) is 4.78. The zero-order valence-corrected chi connectivity index (χ0v) is 21.9. The number of allylic oxidation sites excluding steroid dienone is 2. The number of hydrogen-bond acceptors (Lipinski definition) is 5. The lowest BCUT2D eigenvalue weighted by Crippen LogP contribution is -2.57. The van der Waals surface area contributed by atoms with Crippen LogP contribution in [-0.4, -0.2) is 55.3 Å². The molecule has 3 N–H and O–H groups in total. The summed E-state index contributed by atoms with van der Waals surface area (Å²) in [6.45, 7) is 15.9. The van der Waals surface area contributed by atoms with Crippen molar-refractivity contribution >= 4 is 8.32 Å². The Hall–Kier alpha value is -0.503. The number of rotatable bonds is 8. The molecule has 0 aromatic rings. The average Bonchev–Trinajstić information content (AvgIpc) is 3.13. The highest BCUT2D eigenvalue weighted by molar-refractivity contribution is 6.73. The van der Waals surface area contributed by atoms with Crippen LogP contribution in [0.1, 0.15) is 66.7 Å². The molecule has 6 heteroatoms. The van der Waals surface area contributed by atoms with Gasteiger partial charge in [0, 0.05) is 11.0 Å². The van der Waals surface area contributed by atoms with Gasteiger partial charge >= 0.3 is 0 Å². The van der Waals surface area contributed by atoms with Gasteiger partial charge in [-0.3, -0.25) is 0 Å². The molecular formula is C26H46O5Si. The lowest BCUT2D eigenvalue weighted by atomic mass is 9.46. The summed E-state index contributed by atoms with van der Waals surface area (Å²) < 4.78 is 12.3. The van der Waals surface area contributed by atoms with E-state index in [-0.39, 0.29) is 30.0 Å². The van der Waals surface area contributed by atoms with Crippen LogP contribution < -0.4 is 0 Å². The fraction of sp³-hybridized carbons (Fsp3) is 0.846. The largest absolute Gasteiger partial charge is 0.408 e. The average molecular weight is 467 g/mol. The normalized spacial score (nSPS) is 41.8. The van der Waals surface area contributed by atoms with Crippen LogP contribution in [0.3, 0.4) is 0 Å². The van der Waals surface area contributed by atoms with Crippen LogP contribution in [0.5, 0.6) is 0 Å². The van der Waals surface area contributed by atoms with Crippen molar-refractivity contribution in [1.82, 2.24) is 0 Å². The van der Waals surface area contributed by atoms with Crippen LogP contribution >= 0.6 is 0 Å². The molecule has 0 aromatic heterocycles. The first-order valence-electron chi connectivity index (χ1n) is 12.7. The molecule has 1 heterocycles. The Bertz CT molecular complexity index is 696. The van der Waals surface area contributed by atoms with Crippen LogP contribution in [0.15, 0.2) is 23.8 Å². The molecule has 0 amide bonds. The maximum absolute atomic E-state index is 10.7. The van der Waals surface area contributed by atoms with Crippen molar-refractivity contribution in [3.63, 3.8) is 0 Å². The van der Waals surface area contributed by atoms with Gasteiger partial charge in [-0.2, -0.15) is 0 Å². The second kappa shape index (κ2) is 10.0. The molecule has 0 aromatic carbocycles. The van der Waals surface area contributed by atoms with Gasteiger partial charge < -0.3 is 24.5 Å². The fourth-order valence-corrected chi connectivity index (χ4v) is 9.86. The van der Waals surface area contributed by atoms with E-state index in [1.54, 1.807) is 0 Å². The topological polar surface area (TPSA) is 79.2 Å². The van der Waals surface area contributed by atoms with E-state index in [2.05, 4.69) is 40.3 Å². The summed E-state index contributed by atoms with van der Waals surface area (Å²) in [4.78, 5) is 0. The first kappa shape index (κ1) is 26.1. The van der Waals surface area contributed by atoms with Gasteiger partial charge in [-0.15, -0.1) is 0 Å². The first-order valence-corrected chi connectivity index (χ1v) is 15.3. The Labute approximate surface area is 196 Å². The van der Waals surface area contributed by atoms with Gasteiger partial charge in [0.25, 0.3) is 0 Å². The molecule has 184 valence electrons. The van der Waals surface area contributed by atoms with Crippen molar-refractivity contribution in [2.75, 3.05) is 13.2 Å². The monoisotopic (exact) mass is 466 g/mol. The molecule has 3 rings (SSSR count). The lowest BCUT2D eigenvalue weighted by Gasteiger charge is -2.59. The highest BCUT2D eigenvalue weighted by Crippen LogP contribution is 2.61. The summed E-state index contributed by atoms with van der Waals surface area (Å²) in [5.41, 5.74) is 1.62. The van der Waals surface area contributed by atoms with E-state index in [9.17, 15) is 15.3 Å². The molecule has 2 saturated carbocycles. The Kier molecular flexibility index (Phi) is 8.16. The van der Waals surface area contributed by atoms with Gasteiger partial charge in [-0.25, -0.2) is 0 Å². The van der Waals surface area contributed by atoms with E-state index >= 15 is 0 Å². The predicted molar refractivity (Wildman–Crippen MR) is 131 cm³/mol. The second-order valence-corrected chi connectivity index (χ2v) is 15.7. The zero-order valence-electron chi connectivity index (χ0n) is 20.9. The van der Waals surface area contributed by atoms with Crippen LogP contribution in [-0.2, 0) is 9.16 Å². The molecule has 2 aliphatic carbocycles. The fourth-order valence-electron chi connectivity index (χ4n) is 7.06. The molecule has 32 heavy (non-hydrogen) atoms. The summed E-state index contributed by atoms with van der Waals surface area (Å²) in [5, 5.41) is 31.5. The maximum atomic E-state index is 10.7. The highest BCUT2D eigenvalue weighted by Gasteiger charge is 2.57. The van der Waals surface area contributed by atoms with Gasteiger partial charge in [0.15, 0.2) is 14.6 Å². The van der Waals surface area contributed by atoms with Crippen LogP contribution in [0, 0.1) is 22.7 Å². The van der Waals surface area contributed by atoms with E-state index in [4.69, 9.17) is 9.16 Å². The summed E-state index contributed by atoms with van der Waals surface area (Å²) in [5.74, 6) is 0.501. The quantitative estimate of drug-likeness (QED) is 0.354. The van der Waals surface area contributed by atoms with E-state index in [1.807, 2.05) is 6.92 Å². The van der Waals surface area contributed by atoms with Crippen LogP contribution in [0.4, 0.5) is 0 Å². The first-order chi connectivity index (χ1) is 15.1. The molecular weight excluding hydrogens is 420 g/mol. The summed E-state index contributed by atoms with van der Waals surface area (Å²) in [6.07, 6.45) is 4.96. The minimum atomic E-state index is -1.82. The lowest BCUT2D eigenvalue weighted by molar-refractivity contribution is -0.151. The van der Waals surface area contributed by atoms with E-state index in [0.29, 0.717) is 13.0 Å². The van der Waals surface area contributed by atoms with E-state index < -0.39 is 26.1 Å². The highest BCUT2D eigenvalue weighted by atomic mass is 28.4. The number of hydrogen-bond donors (Lipinski definition) is 3. The SMILES string of the molecule is C=C1CC[C@@H]2[C@](C)(CO)[C@H](O)CC[C@@]2(C)[C@@H]1C/C=C1/C(O)OC[C@H]1O[Si](CC)(CC)CC. The standard InChI is InChI=1S/C26H46O5Si/c1-7-32(8-2,9-3)31-21-16-30-24(29)19(21)11-12-20-18(4)10-13-22-25(20,5)15-14-23(28)26(22,6)17-27/h11,20-24,27-29H,4,7-10,12-17H2,1-3,5-6H3/b19-11+/t20-,21-,22+,23-,24?,25+,26+/m1/s1. The van der Waals surface area contributed by atoms with Gasteiger partial charge in [-0.1, -0.05) is 52.8 Å². The Morgan fingerprint density at radius 2 is 1.81 bits per heavy atom. The molecule has 3 aliphatic rings. The van der Waals surface area contributed by atoms with E-state index in [0.717, 1.165) is 49.4 Å². The number of fused-ring (bicyclic) bond motifs is 1. The molecule has 5 nitrogen and oxygen atoms in total. The van der Waals surface area contributed by atoms with Gasteiger partial charge in [0.1, 0.15) is 0 Å². The third kappa shape index (κ3) is 4.43. The van der Waals surface area contributed by atoms with Gasteiger partial charge in [0.05, 0.1) is 25.4 Å². The third-order valence-electron chi connectivity index (χ3n) is 9.67. The van der Waals surface area contributed by atoms with Crippen molar-refractivity contribution in [2.45, 2.75) is 103 Å². The zero-order chi connectivity index (χ0) is 23.7. The second-order valence-electron chi connectivity index (χ2n) is 11.0. The Balaban J connectivity index is 1.85. The third-order valence-corrected chi connectivity index (χ3v) is 14.3. The summed E-state index contributed by atoms with van der Waals surface area (Å²) >= 11 is 0. The smallest absolute Gasteiger partial charge is 0.193 e. The van der Waals surface area contributed by atoms with Gasteiger partial charge in [-0.05, 0) is 67.5 Å². The summed E-state index contributed by atoms with van der Waals surface area (Å²) in [6, 6.07) is 3.21. The molecule has 1 aliphatic heterocycles. The summed E-state index contributed by atoms with van der Waals surface area (Å²) in [7, 11) is -1.82. The van der Waals surface area contributed by atoms with Crippen molar-refractivity contribution in [3.05, 3.63) is 23.8 Å².